The second kappa shape index (κ2) is 10.4. The lowest BCUT2D eigenvalue weighted by atomic mass is 9.97. The van der Waals surface area contributed by atoms with E-state index in [2.05, 4.69) is 9.88 Å². The number of hydrogen-bond acceptors (Lipinski definition) is 5. The van der Waals surface area contributed by atoms with Crippen LogP contribution in [0.25, 0.3) is 10.9 Å². The van der Waals surface area contributed by atoms with Gasteiger partial charge < -0.3 is 19.6 Å². The number of aryl methyl sites for hydroxylation is 1. The van der Waals surface area contributed by atoms with Crippen molar-refractivity contribution in [2.45, 2.75) is 32.1 Å². The largest absolute Gasteiger partial charge is 0.496 e. The lowest BCUT2D eigenvalue weighted by molar-refractivity contribution is -0.139. The van der Waals surface area contributed by atoms with E-state index in [0.717, 1.165) is 33.3 Å². The summed E-state index contributed by atoms with van der Waals surface area (Å²) in [7, 11) is 3.03. The molecule has 194 valence electrons. The van der Waals surface area contributed by atoms with Gasteiger partial charge >= 0.3 is 12.1 Å². The van der Waals surface area contributed by atoms with Gasteiger partial charge in [-0.15, -0.1) is 0 Å². The Morgan fingerprint density at radius 3 is 2.56 bits per heavy atom. The number of aromatic nitrogens is 1. The van der Waals surface area contributed by atoms with Crippen molar-refractivity contribution in [1.82, 2.24) is 14.8 Å². The molecule has 0 amide bonds. The summed E-state index contributed by atoms with van der Waals surface area (Å²) in [5.74, 6) is -0.144. The van der Waals surface area contributed by atoms with Gasteiger partial charge in [-0.1, -0.05) is 6.07 Å². The number of carbonyl (C=O) groups is 1. The highest BCUT2D eigenvalue weighted by atomic mass is 19.4. The summed E-state index contributed by atoms with van der Waals surface area (Å²) in [5.41, 5.74) is 3.87. The van der Waals surface area contributed by atoms with Gasteiger partial charge in [-0.3, -0.25) is 9.80 Å². The molecule has 10 heteroatoms. The Hall–Kier alpha value is -3.24. The van der Waals surface area contributed by atoms with Crippen molar-refractivity contribution in [2.24, 2.45) is 0 Å². The highest BCUT2D eigenvalue weighted by Crippen LogP contribution is 2.36. The first-order valence-corrected chi connectivity index (χ1v) is 11.7. The molecule has 1 aliphatic rings. The number of methoxy groups -OCH3 is 2. The zero-order valence-electron chi connectivity index (χ0n) is 20.5. The molecule has 2 N–H and O–H groups in total. The number of piperazine rings is 1. The van der Waals surface area contributed by atoms with Crippen LogP contribution in [0.4, 0.5) is 13.2 Å². The quantitative estimate of drug-likeness (QED) is 0.449. The number of alkyl halides is 3. The van der Waals surface area contributed by atoms with Crippen LogP contribution in [-0.2, 0) is 6.54 Å². The Kier molecular flexibility index (Phi) is 7.46. The minimum absolute atomic E-state index is 0.0340. The smallest absolute Gasteiger partial charge is 0.390 e. The molecule has 0 bridgehead atoms. The Balaban J connectivity index is 1.70. The molecule has 0 aliphatic carbocycles. The fourth-order valence-electron chi connectivity index (χ4n) is 4.95. The predicted molar refractivity (Wildman–Crippen MR) is 130 cm³/mol. The van der Waals surface area contributed by atoms with Gasteiger partial charge in [0.2, 0.25) is 0 Å². The number of carboxylic acids is 1. The van der Waals surface area contributed by atoms with Crippen LogP contribution in [0.1, 0.15) is 39.5 Å². The van der Waals surface area contributed by atoms with Crippen LogP contribution < -0.4 is 9.47 Å². The van der Waals surface area contributed by atoms with E-state index in [4.69, 9.17) is 9.47 Å². The Morgan fingerprint density at radius 2 is 1.89 bits per heavy atom. The summed E-state index contributed by atoms with van der Waals surface area (Å²) < 4.78 is 49.8. The SMILES string of the molecule is COc1cc(C2CN(CCC(F)(F)F)CCN2Cc2c(OC)cc(C)c3[nH]ccc23)ccc1C(=O)O. The molecular weight excluding hydrogens is 475 g/mol. The highest BCUT2D eigenvalue weighted by molar-refractivity contribution is 5.91. The first-order valence-electron chi connectivity index (χ1n) is 11.7. The standard InChI is InChI=1S/C26H30F3N3O4/c1-16-12-22(35-2)20(18-6-8-30-24(16)18)14-32-11-10-31(9-7-26(27,28)29)15-21(32)17-4-5-19(25(33)34)23(13-17)36-3/h4-6,8,12-13,21,30H,7,9-11,14-15H2,1-3H3,(H,33,34). The van der Waals surface area contributed by atoms with Crippen LogP contribution in [0.3, 0.4) is 0 Å². The Morgan fingerprint density at radius 1 is 1.14 bits per heavy atom. The van der Waals surface area contributed by atoms with Gasteiger partial charge in [-0.05, 0) is 42.3 Å². The molecule has 1 atom stereocenters. The second-order valence-corrected chi connectivity index (χ2v) is 9.06. The van der Waals surface area contributed by atoms with E-state index >= 15 is 0 Å². The van der Waals surface area contributed by atoms with Crippen molar-refractivity contribution >= 4 is 16.9 Å². The van der Waals surface area contributed by atoms with Gasteiger partial charge in [0.05, 0.1) is 20.6 Å². The van der Waals surface area contributed by atoms with Crippen molar-refractivity contribution in [3.05, 3.63) is 58.8 Å². The number of hydrogen-bond donors (Lipinski definition) is 2. The molecule has 0 spiro atoms. The lowest BCUT2D eigenvalue weighted by Gasteiger charge is -2.42. The van der Waals surface area contributed by atoms with Crippen LogP contribution in [0.15, 0.2) is 36.5 Å². The molecule has 2 aromatic carbocycles. The average molecular weight is 506 g/mol. The first-order chi connectivity index (χ1) is 17.1. The second-order valence-electron chi connectivity index (χ2n) is 9.06. The molecule has 1 fully saturated rings. The van der Waals surface area contributed by atoms with Gasteiger partial charge in [0.15, 0.2) is 0 Å². The average Bonchev–Trinajstić information content (AvgIpc) is 3.34. The van der Waals surface area contributed by atoms with E-state index in [9.17, 15) is 23.1 Å². The van der Waals surface area contributed by atoms with Crippen molar-refractivity contribution in [2.75, 3.05) is 40.4 Å². The molecule has 2 heterocycles. The van der Waals surface area contributed by atoms with Gasteiger partial charge in [-0.25, -0.2) is 4.79 Å². The van der Waals surface area contributed by atoms with Crippen molar-refractivity contribution in [3.63, 3.8) is 0 Å². The van der Waals surface area contributed by atoms with Gasteiger partial charge in [0, 0.05) is 61.4 Å². The molecule has 1 saturated heterocycles. The van der Waals surface area contributed by atoms with Crippen LogP contribution in [-0.4, -0.2) is 72.4 Å². The van der Waals surface area contributed by atoms with Crippen molar-refractivity contribution < 1.29 is 32.5 Å². The minimum atomic E-state index is -4.23. The summed E-state index contributed by atoms with van der Waals surface area (Å²) in [4.78, 5) is 18.9. The van der Waals surface area contributed by atoms with E-state index in [1.54, 1.807) is 19.2 Å². The number of rotatable bonds is 8. The molecule has 1 aliphatic heterocycles. The molecule has 7 nitrogen and oxygen atoms in total. The van der Waals surface area contributed by atoms with Crippen LogP contribution in [0, 0.1) is 6.92 Å². The zero-order valence-corrected chi connectivity index (χ0v) is 20.5. The summed E-state index contributed by atoms with van der Waals surface area (Å²) in [5, 5.41) is 10.5. The predicted octanol–water partition coefficient (Wildman–Crippen LogP) is 5.00. The number of carboxylic acid groups (broad SMARTS) is 1. The molecule has 1 unspecified atom stereocenters. The number of H-pyrrole nitrogens is 1. The number of benzene rings is 2. The summed E-state index contributed by atoms with van der Waals surface area (Å²) in [6.45, 7) is 3.82. The maximum atomic E-state index is 12.9. The molecular formula is C26H30F3N3O4. The molecule has 4 rings (SSSR count). The summed E-state index contributed by atoms with van der Waals surface area (Å²) in [6.07, 6.45) is -3.23. The third-order valence-corrected chi connectivity index (χ3v) is 6.82. The van der Waals surface area contributed by atoms with Crippen LogP contribution in [0.2, 0.25) is 0 Å². The molecule has 0 saturated carbocycles. The normalized spacial score (nSPS) is 17.4. The maximum absolute atomic E-state index is 12.9. The Bertz CT molecular complexity index is 1240. The summed E-state index contributed by atoms with van der Waals surface area (Å²) in [6, 6.07) is 8.58. The van der Waals surface area contributed by atoms with Crippen LogP contribution >= 0.6 is 0 Å². The van der Waals surface area contributed by atoms with E-state index in [-0.39, 0.29) is 23.9 Å². The fourth-order valence-corrected chi connectivity index (χ4v) is 4.95. The monoisotopic (exact) mass is 505 g/mol. The van der Waals surface area contributed by atoms with E-state index < -0.39 is 18.6 Å². The minimum Gasteiger partial charge on any atom is -0.496 e. The summed E-state index contributed by atoms with van der Waals surface area (Å²) >= 11 is 0. The third-order valence-electron chi connectivity index (χ3n) is 6.82. The number of aromatic amines is 1. The first kappa shape index (κ1) is 25.8. The number of ether oxygens (including phenoxy) is 2. The van der Waals surface area contributed by atoms with E-state index in [1.165, 1.54) is 13.2 Å². The number of nitrogens with one attached hydrogen (secondary N) is 1. The van der Waals surface area contributed by atoms with E-state index in [1.807, 2.05) is 30.2 Å². The van der Waals surface area contributed by atoms with Gasteiger partial charge in [0.25, 0.3) is 0 Å². The van der Waals surface area contributed by atoms with Gasteiger partial charge in [-0.2, -0.15) is 13.2 Å². The van der Waals surface area contributed by atoms with Crippen molar-refractivity contribution in [1.29, 1.82) is 0 Å². The fraction of sp³-hybridized carbons (Fsp3) is 0.423. The molecule has 3 aromatic rings. The lowest BCUT2D eigenvalue weighted by Crippen LogP contribution is -2.48. The molecule has 0 radical (unpaired) electrons. The topological polar surface area (TPSA) is 78.0 Å². The van der Waals surface area contributed by atoms with Crippen molar-refractivity contribution in [3.8, 4) is 11.5 Å². The van der Waals surface area contributed by atoms with Gasteiger partial charge in [0.1, 0.15) is 17.1 Å². The number of nitrogens with zero attached hydrogens (tertiary/aromatic N) is 2. The zero-order chi connectivity index (χ0) is 26.0. The maximum Gasteiger partial charge on any atom is 0.390 e. The molecule has 36 heavy (non-hydrogen) atoms. The number of aromatic carboxylic acids is 1. The highest BCUT2D eigenvalue weighted by Gasteiger charge is 2.33. The number of halogens is 3. The third kappa shape index (κ3) is 5.44. The van der Waals surface area contributed by atoms with Crippen LogP contribution in [0.5, 0.6) is 11.5 Å². The molecule has 1 aromatic heterocycles. The number of fused-ring (bicyclic) bond motifs is 1. The van der Waals surface area contributed by atoms with E-state index in [0.29, 0.717) is 26.2 Å². The Labute approximate surface area is 207 Å².